The maximum absolute atomic E-state index is 5.62. The van der Waals surface area contributed by atoms with E-state index in [9.17, 15) is 0 Å². The van der Waals surface area contributed by atoms with E-state index in [-0.39, 0.29) is 17.8 Å². The molecule has 2 saturated heterocycles. The Bertz CT molecular complexity index is 834. The average Bonchev–Trinajstić information content (AvgIpc) is 2.77. The predicted molar refractivity (Wildman–Crippen MR) is 150 cm³/mol. The van der Waals surface area contributed by atoms with Crippen molar-refractivity contribution in [3.8, 4) is 0 Å². The van der Waals surface area contributed by atoms with Crippen LogP contribution in [0.1, 0.15) is 72.3 Å². The van der Waals surface area contributed by atoms with Crippen LogP contribution in [-0.4, -0.2) is 63.9 Å². The number of halogens is 1. The summed E-state index contributed by atoms with van der Waals surface area (Å²) >= 11 is 0. The molecule has 0 radical (unpaired) electrons. The highest BCUT2D eigenvalue weighted by molar-refractivity contribution is 5.85. The fourth-order valence-corrected chi connectivity index (χ4v) is 6.69. The van der Waals surface area contributed by atoms with Crippen molar-refractivity contribution in [2.45, 2.75) is 72.8 Å². The quantitative estimate of drug-likeness (QED) is 0.454. The molecule has 4 nitrogen and oxygen atoms in total. The lowest BCUT2D eigenvalue weighted by atomic mass is 9.65. The minimum Gasteiger partial charge on any atom is -0.381 e. The van der Waals surface area contributed by atoms with Gasteiger partial charge in [-0.2, -0.15) is 0 Å². The summed E-state index contributed by atoms with van der Waals surface area (Å²) in [6, 6.07) is 7.33. The van der Waals surface area contributed by atoms with E-state index in [0.717, 1.165) is 45.4 Å². The third kappa shape index (κ3) is 6.50. The number of rotatable bonds is 6. The van der Waals surface area contributed by atoms with Crippen LogP contribution in [0.2, 0.25) is 0 Å². The van der Waals surface area contributed by atoms with E-state index >= 15 is 0 Å². The maximum atomic E-state index is 5.62. The Morgan fingerprint density at radius 1 is 0.941 bits per heavy atom. The zero-order valence-electron chi connectivity index (χ0n) is 22.5. The molecule has 0 saturated carbocycles. The number of ether oxygens (including phenoxy) is 1. The largest absolute Gasteiger partial charge is 0.381 e. The standard InChI is InChI=1S/C29H47N3O.ClH/c1-7-12-30-15-17-32(18-16-30)27-9-8-24(31-13-10-25(33-6)11-14-31)19-26(27)23-20-28(2,3)22-29(4,5)21-23;/h8-9,19-20,25H,7,10-18,21-22H2,1-6H3;1H. The lowest BCUT2D eigenvalue weighted by Crippen LogP contribution is -2.46. The van der Waals surface area contributed by atoms with Gasteiger partial charge in [-0.25, -0.2) is 0 Å². The summed E-state index contributed by atoms with van der Waals surface area (Å²) in [6.07, 6.45) is 8.91. The molecular weight excluding hydrogens is 442 g/mol. The van der Waals surface area contributed by atoms with Gasteiger partial charge in [0.25, 0.3) is 0 Å². The molecule has 1 aromatic carbocycles. The van der Waals surface area contributed by atoms with Crippen LogP contribution in [-0.2, 0) is 4.74 Å². The van der Waals surface area contributed by atoms with Crippen molar-refractivity contribution in [1.29, 1.82) is 0 Å². The van der Waals surface area contributed by atoms with Crippen LogP contribution in [0, 0.1) is 10.8 Å². The Morgan fingerprint density at radius 3 is 2.21 bits per heavy atom. The van der Waals surface area contributed by atoms with Crippen molar-refractivity contribution in [2.75, 3.05) is 62.7 Å². The van der Waals surface area contributed by atoms with Gasteiger partial charge in [-0.15, -0.1) is 12.4 Å². The van der Waals surface area contributed by atoms with E-state index in [1.807, 2.05) is 7.11 Å². The molecule has 0 unspecified atom stereocenters. The Kier molecular flexibility index (Phi) is 9.03. The van der Waals surface area contributed by atoms with E-state index < -0.39 is 0 Å². The Hall–Kier alpha value is -1.23. The van der Waals surface area contributed by atoms with Crippen LogP contribution in [0.4, 0.5) is 11.4 Å². The van der Waals surface area contributed by atoms with Crippen LogP contribution in [0.25, 0.3) is 5.57 Å². The number of hydrogen-bond donors (Lipinski definition) is 0. The summed E-state index contributed by atoms with van der Waals surface area (Å²) in [5.41, 5.74) is 6.43. The summed E-state index contributed by atoms with van der Waals surface area (Å²) in [7, 11) is 1.85. The first-order chi connectivity index (χ1) is 15.7. The Balaban J connectivity index is 0.00000324. The van der Waals surface area contributed by atoms with Crippen LogP contribution in [0.15, 0.2) is 24.3 Å². The molecule has 1 aromatic rings. The summed E-state index contributed by atoms with van der Waals surface area (Å²) < 4.78 is 5.62. The molecule has 2 fully saturated rings. The van der Waals surface area contributed by atoms with Gasteiger partial charge in [-0.1, -0.05) is 40.7 Å². The van der Waals surface area contributed by atoms with Gasteiger partial charge in [0.05, 0.1) is 6.10 Å². The molecule has 0 amide bonds. The van der Waals surface area contributed by atoms with Crippen LogP contribution in [0.3, 0.4) is 0 Å². The number of piperazine rings is 1. The van der Waals surface area contributed by atoms with Gasteiger partial charge in [0.15, 0.2) is 0 Å². The van der Waals surface area contributed by atoms with Gasteiger partial charge >= 0.3 is 0 Å². The molecule has 5 heteroatoms. The monoisotopic (exact) mass is 489 g/mol. The SMILES string of the molecule is CCCN1CCN(c2ccc(N3CCC(OC)CC3)cc2C2=CC(C)(C)CC(C)(C)C2)CC1.Cl. The number of piperidine rings is 1. The fourth-order valence-electron chi connectivity index (χ4n) is 6.69. The summed E-state index contributed by atoms with van der Waals surface area (Å²) in [5, 5.41) is 0. The predicted octanol–water partition coefficient (Wildman–Crippen LogP) is 6.49. The highest BCUT2D eigenvalue weighted by atomic mass is 35.5. The highest BCUT2D eigenvalue weighted by Gasteiger charge is 2.35. The molecule has 4 rings (SSSR count). The van der Waals surface area contributed by atoms with Crippen molar-refractivity contribution in [3.05, 3.63) is 29.8 Å². The number of methoxy groups -OCH3 is 1. The average molecular weight is 490 g/mol. The second-order valence-corrected chi connectivity index (χ2v) is 12.1. The van der Waals surface area contributed by atoms with E-state index in [0.29, 0.717) is 11.5 Å². The zero-order valence-corrected chi connectivity index (χ0v) is 23.3. The fraction of sp³-hybridized carbons (Fsp3) is 0.724. The maximum Gasteiger partial charge on any atom is 0.0605 e. The van der Waals surface area contributed by atoms with Crippen LogP contribution >= 0.6 is 12.4 Å². The molecule has 2 heterocycles. The number of allylic oxidation sites excluding steroid dienone is 2. The third-order valence-corrected chi connectivity index (χ3v) is 7.89. The number of benzene rings is 1. The van der Waals surface area contributed by atoms with E-state index in [2.05, 4.69) is 73.6 Å². The Labute approximate surface area is 215 Å². The van der Waals surface area contributed by atoms with Crippen LogP contribution in [0.5, 0.6) is 0 Å². The van der Waals surface area contributed by atoms with Gasteiger partial charge < -0.3 is 14.5 Å². The van der Waals surface area contributed by atoms with Crippen molar-refractivity contribution in [3.63, 3.8) is 0 Å². The molecule has 0 N–H and O–H groups in total. The number of nitrogens with zero attached hydrogens (tertiary/aromatic N) is 3. The molecule has 3 aliphatic rings. The van der Waals surface area contributed by atoms with E-state index in [1.165, 1.54) is 49.4 Å². The topological polar surface area (TPSA) is 19.0 Å². The molecule has 0 atom stereocenters. The molecule has 0 aromatic heterocycles. The lowest BCUT2D eigenvalue weighted by molar-refractivity contribution is 0.0819. The molecule has 1 aliphatic carbocycles. The first-order valence-corrected chi connectivity index (χ1v) is 13.3. The van der Waals surface area contributed by atoms with Gasteiger partial charge in [0, 0.05) is 63.3 Å². The molecule has 192 valence electrons. The normalized spacial score (nSPS) is 23.4. The van der Waals surface area contributed by atoms with Gasteiger partial charge in [0.2, 0.25) is 0 Å². The zero-order chi connectivity index (χ0) is 23.6. The summed E-state index contributed by atoms with van der Waals surface area (Å²) in [6.45, 7) is 20.0. The number of hydrogen-bond acceptors (Lipinski definition) is 4. The molecule has 34 heavy (non-hydrogen) atoms. The van der Waals surface area contributed by atoms with E-state index in [1.54, 1.807) is 5.57 Å². The third-order valence-electron chi connectivity index (χ3n) is 7.89. The lowest BCUT2D eigenvalue weighted by Gasteiger charge is -2.42. The van der Waals surface area contributed by atoms with Crippen molar-refractivity contribution in [2.24, 2.45) is 10.8 Å². The van der Waals surface area contributed by atoms with Gasteiger partial charge in [0.1, 0.15) is 0 Å². The minimum absolute atomic E-state index is 0. The smallest absolute Gasteiger partial charge is 0.0605 e. The van der Waals surface area contributed by atoms with E-state index in [4.69, 9.17) is 4.74 Å². The van der Waals surface area contributed by atoms with Crippen molar-refractivity contribution in [1.82, 2.24) is 4.90 Å². The Morgan fingerprint density at radius 2 is 1.62 bits per heavy atom. The molecular formula is C29H48ClN3O. The summed E-state index contributed by atoms with van der Waals surface area (Å²) in [4.78, 5) is 7.84. The first-order valence-electron chi connectivity index (χ1n) is 13.3. The second-order valence-electron chi connectivity index (χ2n) is 12.1. The molecule has 0 bridgehead atoms. The second kappa shape index (κ2) is 11.2. The minimum atomic E-state index is 0. The molecule has 0 spiro atoms. The summed E-state index contributed by atoms with van der Waals surface area (Å²) in [5.74, 6) is 0. The molecule has 2 aliphatic heterocycles. The van der Waals surface area contributed by atoms with Crippen molar-refractivity contribution < 1.29 is 4.74 Å². The van der Waals surface area contributed by atoms with Gasteiger partial charge in [-0.3, -0.25) is 4.90 Å². The van der Waals surface area contributed by atoms with Gasteiger partial charge in [-0.05, 0) is 73.3 Å². The van der Waals surface area contributed by atoms with Crippen LogP contribution < -0.4 is 9.80 Å². The number of anilines is 2. The first kappa shape index (κ1) is 27.4. The van der Waals surface area contributed by atoms with Crippen molar-refractivity contribution >= 4 is 29.4 Å². The highest BCUT2D eigenvalue weighted by Crippen LogP contribution is 2.49.